The van der Waals surface area contributed by atoms with E-state index in [0.29, 0.717) is 44.2 Å². The SMILES string of the molecule is CCOc1cc(C=O)c(Br)c(Br)c1OCc1ccccc1Cl. The van der Waals surface area contributed by atoms with Gasteiger partial charge in [0.2, 0.25) is 0 Å². The second kappa shape index (κ2) is 7.99. The maximum Gasteiger partial charge on any atom is 0.177 e. The predicted molar refractivity (Wildman–Crippen MR) is 94.2 cm³/mol. The van der Waals surface area contributed by atoms with Crippen LogP contribution in [-0.2, 0) is 6.61 Å². The molecule has 0 unspecified atom stereocenters. The van der Waals surface area contributed by atoms with E-state index in [2.05, 4.69) is 31.9 Å². The van der Waals surface area contributed by atoms with Gasteiger partial charge in [0, 0.05) is 20.6 Å². The fourth-order valence-electron chi connectivity index (χ4n) is 1.85. The Labute approximate surface area is 150 Å². The Kier molecular flexibility index (Phi) is 6.29. The standard InChI is InChI=1S/C16H13Br2ClO3/c1-2-21-13-7-11(8-20)14(17)15(18)16(13)22-9-10-5-3-4-6-12(10)19/h3-8H,2,9H2,1H3. The highest BCUT2D eigenvalue weighted by molar-refractivity contribution is 9.13. The first-order valence-corrected chi connectivity index (χ1v) is 8.51. The number of ether oxygens (including phenoxy) is 2. The fourth-order valence-corrected chi connectivity index (χ4v) is 2.97. The highest BCUT2D eigenvalue weighted by Gasteiger charge is 2.17. The first kappa shape index (κ1) is 17.3. The van der Waals surface area contributed by atoms with Crippen molar-refractivity contribution in [3.63, 3.8) is 0 Å². The summed E-state index contributed by atoms with van der Waals surface area (Å²) in [5.41, 5.74) is 1.36. The molecule has 0 atom stereocenters. The largest absolute Gasteiger partial charge is 0.490 e. The molecule has 0 bridgehead atoms. The van der Waals surface area contributed by atoms with Gasteiger partial charge in [-0.3, -0.25) is 4.79 Å². The summed E-state index contributed by atoms with van der Waals surface area (Å²) in [6, 6.07) is 9.11. The maximum absolute atomic E-state index is 11.1. The minimum absolute atomic E-state index is 0.297. The van der Waals surface area contributed by atoms with Crippen molar-refractivity contribution in [3.05, 3.63) is 55.4 Å². The van der Waals surface area contributed by atoms with Crippen LogP contribution in [0.3, 0.4) is 0 Å². The topological polar surface area (TPSA) is 35.5 Å². The summed E-state index contributed by atoms with van der Waals surface area (Å²) in [4.78, 5) is 11.1. The Morgan fingerprint density at radius 2 is 1.91 bits per heavy atom. The molecule has 0 spiro atoms. The molecule has 0 radical (unpaired) electrons. The molecule has 0 saturated carbocycles. The molecule has 0 amide bonds. The number of hydrogen-bond acceptors (Lipinski definition) is 3. The van der Waals surface area contributed by atoms with Crippen molar-refractivity contribution in [1.29, 1.82) is 0 Å². The minimum atomic E-state index is 0.297. The second-order valence-corrected chi connectivity index (χ2v) is 6.35. The number of hydrogen-bond donors (Lipinski definition) is 0. The van der Waals surface area contributed by atoms with Crippen LogP contribution in [-0.4, -0.2) is 12.9 Å². The van der Waals surface area contributed by atoms with E-state index in [9.17, 15) is 4.79 Å². The molecule has 0 heterocycles. The normalized spacial score (nSPS) is 10.4. The Balaban J connectivity index is 2.35. The monoisotopic (exact) mass is 446 g/mol. The Hall–Kier alpha value is -1.04. The molecule has 0 saturated heterocycles. The molecule has 0 fully saturated rings. The van der Waals surface area contributed by atoms with Gasteiger partial charge in [0.05, 0.1) is 11.1 Å². The number of halogens is 3. The van der Waals surface area contributed by atoms with E-state index in [0.717, 1.165) is 11.8 Å². The third kappa shape index (κ3) is 3.83. The van der Waals surface area contributed by atoms with Gasteiger partial charge in [-0.15, -0.1) is 0 Å². The van der Waals surface area contributed by atoms with Crippen molar-refractivity contribution in [2.75, 3.05) is 6.61 Å². The van der Waals surface area contributed by atoms with Crippen LogP contribution in [0.4, 0.5) is 0 Å². The zero-order valence-electron chi connectivity index (χ0n) is 11.7. The van der Waals surface area contributed by atoms with E-state index in [1.165, 1.54) is 0 Å². The summed E-state index contributed by atoms with van der Waals surface area (Å²) in [6.45, 7) is 2.63. The van der Waals surface area contributed by atoms with Gasteiger partial charge in [-0.05, 0) is 50.9 Å². The van der Waals surface area contributed by atoms with Gasteiger partial charge >= 0.3 is 0 Å². The van der Waals surface area contributed by atoms with Gasteiger partial charge < -0.3 is 9.47 Å². The maximum atomic E-state index is 11.1. The quantitative estimate of drug-likeness (QED) is 0.536. The first-order valence-electron chi connectivity index (χ1n) is 6.54. The van der Waals surface area contributed by atoms with Crippen LogP contribution in [0.15, 0.2) is 39.3 Å². The first-order chi connectivity index (χ1) is 10.6. The van der Waals surface area contributed by atoms with Crippen molar-refractivity contribution < 1.29 is 14.3 Å². The Morgan fingerprint density at radius 3 is 2.55 bits per heavy atom. The van der Waals surface area contributed by atoms with Crippen LogP contribution in [0.2, 0.25) is 5.02 Å². The molecule has 2 aromatic carbocycles. The van der Waals surface area contributed by atoms with Gasteiger partial charge in [0.15, 0.2) is 17.8 Å². The van der Waals surface area contributed by atoms with E-state index in [1.54, 1.807) is 6.07 Å². The van der Waals surface area contributed by atoms with Crippen LogP contribution in [0.1, 0.15) is 22.8 Å². The summed E-state index contributed by atoms with van der Waals surface area (Å²) < 4.78 is 12.7. The van der Waals surface area contributed by atoms with Gasteiger partial charge in [-0.2, -0.15) is 0 Å². The highest BCUT2D eigenvalue weighted by atomic mass is 79.9. The van der Waals surface area contributed by atoms with Crippen LogP contribution in [0.25, 0.3) is 0 Å². The highest BCUT2D eigenvalue weighted by Crippen LogP contribution is 2.42. The molecule has 116 valence electrons. The molecular weight excluding hydrogens is 435 g/mol. The predicted octanol–water partition coefficient (Wildman–Crippen LogP) is 5.66. The van der Waals surface area contributed by atoms with E-state index >= 15 is 0 Å². The fraction of sp³-hybridized carbons (Fsp3) is 0.188. The van der Waals surface area contributed by atoms with E-state index in [-0.39, 0.29) is 0 Å². The molecule has 6 heteroatoms. The van der Waals surface area contributed by atoms with Gasteiger partial charge in [-0.1, -0.05) is 29.8 Å². The van der Waals surface area contributed by atoms with Crippen molar-refractivity contribution >= 4 is 49.7 Å². The molecule has 0 aliphatic carbocycles. The Bertz CT molecular complexity index is 689. The molecule has 0 N–H and O–H groups in total. The minimum Gasteiger partial charge on any atom is -0.490 e. The molecule has 0 aliphatic rings. The molecule has 22 heavy (non-hydrogen) atoms. The summed E-state index contributed by atoms with van der Waals surface area (Å²) in [7, 11) is 0. The molecule has 0 aromatic heterocycles. The third-order valence-electron chi connectivity index (χ3n) is 2.91. The Morgan fingerprint density at radius 1 is 1.18 bits per heavy atom. The zero-order chi connectivity index (χ0) is 16.1. The van der Waals surface area contributed by atoms with E-state index in [4.69, 9.17) is 21.1 Å². The summed E-state index contributed by atoms with van der Waals surface area (Å²) in [6.07, 6.45) is 0.759. The average molecular weight is 449 g/mol. The number of aldehydes is 1. The number of benzene rings is 2. The van der Waals surface area contributed by atoms with Crippen molar-refractivity contribution in [2.45, 2.75) is 13.5 Å². The lowest BCUT2D eigenvalue weighted by Crippen LogP contribution is -2.02. The summed E-state index contributed by atoms with van der Waals surface area (Å²) >= 11 is 13.0. The molecule has 2 rings (SSSR count). The number of carbonyl (C=O) groups excluding carboxylic acids is 1. The van der Waals surface area contributed by atoms with Gasteiger partial charge in [0.1, 0.15) is 6.61 Å². The number of carbonyl (C=O) groups is 1. The van der Waals surface area contributed by atoms with Gasteiger partial charge in [-0.25, -0.2) is 0 Å². The average Bonchev–Trinajstić information content (AvgIpc) is 2.52. The zero-order valence-corrected chi connectivity index (χ0v) is 15.7. The van der Waals surface area contributed by atoms with Crippen LogP contribution in [0, 0.1) is 0 Å². The number of rotatable bonds is 6. The smallest absolute Gasteiger partial charge is 0.177 e. The molecule has 0 aliphatic heterocycles. The molecule has 2 aromatic rings. The van der Waals surface area contributed by atoms with Crippen molar-refractivity contribution in [3.8, 4) is 11.5 Å². The lowest BCUT2D eigenvalue weighted by molar-refractivity contribution is 0.112. The van der Waals surface area contributed by atoms with E-state index in [1.807, 2.05) is 31.2 Å². The lowest BCUT2D eigenvalue weighted by Gasteiger charge is -2.16. The van der Waals surface area contributed by atoms with Gasteiger partial charge in [0.25, 0.3) is 0 Å². The van der Waals surface area contributed by atoms with Crippen molar-refractivity contribution in [2.24, 2.45) is 0 Å². The third-order valence-corrected chi connectivity index (χ3v) is 5.42. The molecular formula is C16H13Br2ClO3. The van der Waals surface area contributed by atoms with Crippen LogP contribution in [0.5, 0.6) is 11.5 Å². The van der Waals surface area contributed by atoms with Crippen molar-refractivity contribution in [1.82, 2.24) is 0 Å². The second-order valence-electron chi connectivity index (χ2n) is 4.35. The van der Waals surface area contributed by atoms with E-state index < -0.39 is 0 Å². The lowest BCUT2D eigenvalue weighted by atomic mass is 10.2. The van der Waals surface area contributed by atoms with Crippen LogP contribution >= 0.6 is 43.5 Å². The summed E-state index contributed by atoms with van der Waals surface area (Å²) in [5, 5.41) is 0.639. The van der Waals surface area contributed by atoms with Crippen LogP contribution < -0.4 is 9.47 Å². The summed E-state index contributed by atoms with van der Waals surface area (Å²) in [5.74, 6) is 1.03. The molecule has 3 nitrogen and oxygen atoms in total.